The third-order valence-corrected chi connectivity index (χ3v) is 2.31. The third-order valence-electron chi connectivity index (χ3n) is 2.31. The van der Waals surface area contributed by atoms with Gasteiger partial charge in [-0.1, -0.05) is 6.92 Å². The number of anilines is 1. The van der Waals surface area contributed by atoms with E-state index in [1.807, 2.05) is 6.92 Å². The molecule has 19 heavy (non-hydrogen) atoms. The first-order valence-corrected chi connectivity index (χ1v) is 5.61. The zero-order valence-corrected chi connectivity index (χ0v) is 10.3. The molecule has 6 N–H and O–H groups in total. The predicted octanol–water partition coefficient (Wildman–Crippen LogP) is -1.26. The van der Waals surface area contributed by atoms with E-state index in [9.17, 15) is 15.2 Å². The molecule has 0 spiro atoms. The van der Waals surface area contributed by atoms with Gasteiger partial charge in [0.25, 0.3) is 0 Å². The second-order valence-electron chi connectivity index (χ2n) is 3.79. The Bertz CT molecular complexity index is 438. The first-order chi connectivity index (χ1) is 8.95. The Labute approximate surface area is 109 Å². The summed E-state index contributed by atoms with van der Waals surface area (Å²) < 4.78 is 0. The van der Waals surface area contributed by atoms with Crippen LogP contribution in [0, 0.1) is 10.4 Å². The number of rotatable bonds is 6. The maximum absolute atomic E-state index is 11.3. The topological polar surface area (TPSA) is 137 Å². The SMILES string of the molecule is CCCC(=O)NNc1ccc([NH+]([O-])O)cc1[NH+]([O-])O. The van der Waals surface area contributed by atoms with Gasteiger partial charge in [-0.25, -0.2) is 10.4 Å². The Kier molecular flexibility index (Phi) is 5.63. The van der Waals surface area contributed by atoms with Gasteiger partial charge >= 0.3 is 0 Å². The molecule has 2 atom stereocenters. The molecule has 0 aliphatic carbocycles. The van der Waals surface area contributed by atoms with Crippen LogP contribution in [0.25, 0.3) is 0 Å². The van der Waals surface area contributed by atoms with E-state index in [2.05, 4.69) is 10.9 Å². The fraction of sp³-hybridized carbons (Fsp3) is 0.300. The lowest BCUT2D eigenvalue weighted by Gasteiger charge is -2.19. The van der Waals surface area contributed by atoms with Gasteiger partial charge in [0.1, 0.15) is 5.69 Å². The number of amides is 1. The molecule has 2 unspecified atom stereocenters. The van der Waals surface area contributed by atoms with E-state index in [4.69, 9.17) is 10.4 Å². The Morgan fingerprint density at radius 2 is 2.00 bits per heavy atom. The second-order valence-corrected chi connectivity index (χ2v) is 3.79. The molecular weight excluding hydrogens is 256 g/mol. The number of quaternary nitrogens is 2. The van der Waals surface area contributed by atoms with Crippen LogP contribution in [0.5, 0.6) is 0 Å². The van der Waals surface area contributed by atoms with Crippen LogP contribution in [0.4, 0.5) is 17.1 Å². The van der Waals surface area contributed by atoms with Crippen molar-refractivity contribution in [2.45, 2.75) is 19.8 Å². The molecule has 0 saturated heterocycles. The molecule has 0 saturated carbocycles. The number of hydrazine groups is 1. The van der Waals surface area contributed by atoms with Gasteiger partial charge in [-0.05, 0) is 12.5 Å². The van der Waals surface area contributed by atoms with Gasteiger partial charge in [0, 0.05) is 12.5 Å². The van der Waals surface area contributed by atoms with Crippen LogP contribution in [0.15, 0.2) is 18.2 Å². The lowest BCUT2D eigenvalue weighted by atomic mass is 10.2. The average molecular weight is 272 g/mol. The zero-order chi connectivity index (χ0) is 14.4. The molecular formula is C10H16N4O5. The number of benzene rings is 1. The molecule has 9 nitrogen and oxygen atoms in total. The van der Waals surface area contributed by atoms with E-state index in [-0.39, 0.29) is 23.0 Å². The van der Waals surface area contributed by atoms with E-state index in [1.54, 1.807) is 0 Å². The largest absolute Gasteiger partial charge is 0.595 e. The molecule has 1 amide bonds. The van der Waals surface area contributed by atoms with Crippen LogP contribution in [0.3, 0.4) is 0 Å². The lowest BCUT2D eigenvalue weighted by molar-refractivity contribution is -0.996. The Balaban J connectivity index is 2.85. The van der Waals surface area contributed by atoms with Crippen LogP contribution < -0.4 is 21.3 Å². The standard InChI is InChI=1S/C10H16N4O5/c1-2-3-10(15)12-11-8-5-4-7(13(16)17)6-9(8)14(18)19/h4-6,11,13-14,16,18H,2-3H2,1H3,(H,12,15). The summed E-state index contributed by atoms with van der Waals surface area (Å²) in [5.41, 5.74) is 4.58. The number of nitrogens with one attached hydrogen (secondary N) is 4. The number of hydrogen-bond donors (Lipinski definition) is 6. The van der Waals surface area contributed by atoms with Crippen molar-refractivity contribution < 1.29 is 25.7 Å². The monoisotopic (exact) mass is 272 g/mol. The third kappa shape index (κ3) is 4.44. The summed E-state index contributed by atoms with van der Waals surface area (Å²) in [4.78, 5) is 11.3. The van der Waals surface area contributed by atoms with Crippen molar-refractivity contribution in [1.29, 1.82) is 0 Å². The van der Waals surface area contributed by atoms with E-state index in [0.29, 0.717) is 12.8 Å². The van der Waals surface area contributed by atoms with Crippen LogP contribution >= 0.6 is 0 Å². The van der Waals surface area contributed by atoms with Crippen molar-refractivity contribution in [2.24, 2.45) is 0 Å². The summed E-state index contributed by atoms with van der Waals surface area (Å²) in [6.45, 7) is 1.84. The van der Waals surface area contributed by atoms with Crippen molar-refractivity contribution in [3.63, 3.8) is 0 Å². The van der Waals surface area contributed by atoms with Gasteiger partial charge in [-0.2, -0.15) is 10.5 Å². The predicted molar refractivity (Wildman–Crippen MR) is 64.7 cm³/mol. The maximum atomic E-state index is 11.3. The van der Waals surface area contributed by atoms with Gasteiger partial charge in [0.05, 0.1) is 6.07 Å². The van der Waals surface area contributed by atoms with Gasteiger partial charge in [-0.15, -0.1) is 0 Å². The van der Waals surface area contributed by atoms with Crippen molar-refractivity contribution in [2.75, 3.05) is 5.43 Å². The molecule has 0 aromatic heterocycles. The minimum absolute atomic E-state index is 0.127. The summed E-state index contributed by atoms with van der Waals surface area (Å²) in [6, 6.07) is 3.57. The maximum Gasteiger partial charge on any atom is 0.238 e. The Morgan fingerprint density at radius 1 is 1.32 bits per heavy atom. The van der Waals surface area contributed by atoms with Gasteiger partial charge in [0.2, 0.25) is 5.91 Å². The van der Waals surface area contributed by atoms with Crippen molar-refractivity contribution >= 4 is 23.0 Å². The van der Waals surface area contributed by atoms with E-state index < -0.39 is 10.5 Å². The molecule has 106 valence electrons. The first-order valence-electron chi connectivity index (χ1n) is 5.61. The molecule has 0 aliphatic rings. The molecule has 0 fully saturated rings. The van der Waals surface area contributed by atoms with Crippen LogP contribution in [0.1, 0.15) is 19.8 Å². The number of carbonyl (C=O) groups excluding carboxylic acids is 1. The van der Waals surface area contributed by atoms with Crippen LogP contribution in [-0.4, -0.2) is 16.3 Å². The number of hydrogen-bond acceptors (Lipinski definition) is 6. The average Bonchev–Trinajstić information content (AvgIpc) is 2.36. The summed E-state index contributed by atoms with van der Waals surface area (Å²) in [5, 5.41) is 37.1. The highest BCUT2D eigenvalue weighted by Gasteiger charge is 2.14. The quantitative estimate of drug-likeness (QED) is 0.357. The molecule has 1 aromatic carbocycles. The molecule has 9 heteroatoms. The number of carbonyl (C=O) groups is 1. The van der Waals surface area contributed by atoms with Crippen LogP contribution in [0.2, 0.25) is 0 Å². The van der Waals surface area contributed by atoms with Crippen LogP contribution in [-0.2, 0) is 4.79 Å². The smallest absolute Gasteiger partial charge is 0.238 e. The highest BCUT2D eigenvalue weighted by molar-refractivity contribution is 5.78. The van der Waals surface area contributed by atoms with Crippen molar-refractivity contribution in [3.05, 3.63) is 28.6 Å². The first kappa shape index (κ1) is 15.3. The lowest BCUT2D eigenvalue weighted by Crippen LogP contribution is -3.00. The molecule has 0 bridgehead atoms. The Hall–Kier alpha value is -1.75. The highest BCUT2D eigenvalue weighted by Crippen LogP contribution is 2.19. The van der Waals surface area contributed by atoms with Gasteiger partial charge < -0.3 is 10.4 Å². The van der Waals surface area contributed by atoms with Gasteiger partial charge in [0.15, 0.2) is 11.4 Å². The molecule has 0 heterocycles. The molecule has 1 rings (SSSR count). The zero-order valence-electron chi connectivity index (χ0n) is 10.3. The van der Waals surface area contributed by atoms with Gasteiger partial charge in [-0.3, -0.25) is 15.6 Å². The summed E-state index contributed by atoms with van der Waals surface area (Å²) >= 11 is 0. The van der Waals surface area contributed by atoms with E-state index in [0.717, 1.165) is 6.07 Å². The normalized spacial score (nSPS) is 13.7. The van der Waals surface area contributed by atoms with Crippen molar-refractivity contribution in [1.82, 2.24) is 5.43 Å². The van der Waals surface area contributed by atoms with Crippen molar-refractivity contribution in [3.8, 4) is 0 Å². The summed E-state index contributed by atoms with van der Waals surface area (Å²) in [5.74, 6) is -0.277. The van der Waals surface area contributed by atoms with E-state index in [1.165, 1.54) is 12.1 Å². The highest BCUT2D eigenvalue weighted by atomic mass is 16.8. The molecule has 0 aliphatic heterocycles. The minimum Gasteiger partial charge on any atom is -0.595 e. The Morgan fingerprint density at radius 3 is 2.53 bits per heavy atom. The second kappa shape index (κ2) is 6.99. The molecule has 0 radical (unpaired) electrons. The summed E-state index contributed by atoms with van der Waals surface area (Å²) in [6.07, 6.45) is 0.972. The van der Waals surface area contributed by atoms with E-state index >= 15 is 0 Å². The summed E-state index contributed by atoms with van der Waals surface area (Å²) in [7, 11) is 0. The minimum atomic E-state index is -1.28. The fourth-order valence-corrected chi connectivity index (χ4v) is 1.39. The fourth-order valence-electron chi connectivity index (χ4n) is 1.39. The molecule has 1 aromatic rings.